The van der Waals surface area contributed by atoms with Crippen molar-refractivity contribution in [3.05, 3.63) is 78.7 Å². The highest BCUT2D eigenvalue weighted by Gasteiger charge is 2.14. The SMILES string of the molecule is COc1cc2nccc(Oc3ccc(N(C(N)=S)c4ccc(F)cc4)cc3)c2cc1OC. The maximum Gasteiger partial charge on any atom is 0.175 e. The summed E-state index contributed by atoms with van der Waals surface area (Å²) in [5.41, 5.74) is 8.02. The van der Waals surface area contributed by atoms with Crippen LogP contribution in [0.2, 0.25) is 0 Å². The lowest BCUT2D eigenvalue weighted by Gasteiger charge is -2.23. The lowest BCUT2D eigenvalue weighted by atomic mass is 10.1. The van der Waals surface area contributed by atoms with Gasteiger partial charge in [-0.2, -0.15) is 0 Å². The first-order valence-corrected chi connectivity index (χ1v) is 10.0. The maximum atomic E-state index is 13.3. The Kier molecular flexibility index (Phi) is 6.04. The van der Waals surface area contributed by atoms with Crippen LogP contribution in [-0.4, -0.2) is 24.3 Å². The summed E-state index contributed by atoms with van der Waals surface area (Å²) in [6.07, 6.45) is 1.67. The van der Waals surface area contributed by atoms with Gasteiger partial charge in [-0.3, -0.25) is 9.88 Å². The molecule has 0 unspecified atom stereocenters. The molecule has 0 aliphatic heterocycles. The Hall–Kier alpha value is -3.91. The molecule has 162 valence electrons. The normalized spacial score (nSPS) is 10.6. The van der Waals surface area contributed by atoms with Crippen LogP contribution in [0.4, 0.5) is 15.8 Å². The van der Waals surface area contributed by atoms with Crippen molar-refractivity contribution in [1.29, 1.82) is 0 Å². The average Bonchev–Trinajstić information content (AvgIpc) is 2.80. The number of hydrogen-bond acceptors (Lipinski definition) is 5. The minimum absolute atomic E-state index is 0.145. The number of thiocarbonyl (C=S) groups is 1. The van der Waals surface area contributed by atoms with Gasteiger partial charge in [0.15, 0.2) is 16.6 Å². The van der Waals surface area contributed by atoms with Crippen molar-refractivity contribution in [3.8, 4) is 23.0 Å². The Labute approximate surface area is 190 Å². The van der Waals surface area contributed by atoms with Crippen LogP contribution in [0, 0.1) is 5.82 Å². The smallest absolute Gasteiger partial charge is 0.175 e. The third-order valence-electron chi connectivity index (χ3n) is 4.83. The molecule has 2 N–H and O–H groups in total. The first-order valence-electron chi connectivity index (χ1n) is 9.64. The van der Waals surface area contributed by atoms with Gasteiger partial charge in [0.1, 0.15) is 17.3 Å². The van der Waals surface area contributed by atoms with Crippen LogP contribution < -0.4 is 24.8 Å². The van der Waals surface area contributed by atoms with Gasteiger partial charge in [-0.1, -0.05) is 0 Å². The van der Waals surface area contributed by atoms with Crippen molar-refractivity contribution in [3.63, 3.8) is 0 Å². The fourth-order valence-electron chi connectivity index (χ4n) is 3.32. The second kappa shape index (κ2) is 9.07. The average molecular weight is 450 g/mol. The monoisotopic (exact) mass is 449 g/mol. The van der Waals surface area contributed by atoms with Gasteiger partial charge >= 0.3 is 0 Å². The van der Waals surface area contributed by atoms with Crippen molar-refractivity contribution >= 4 is 39.6 Å². The highest BCUT2D eigenvalue weighted by Crippen LogP contribution is 2.37. The molecule has 4 aromatic rings. The van der Waals surface area contributed by atoms with E-state index in [0.717, 1.165) is 11.1 Å². The molecule has 4 rings (SSSR count). The number of benzene rings is 3. The lowest BCUT2D eigenvalue weighted by Crippen LogP contribution is -2.31. The van der Waals surface area contributed by atoms with Gasteiger partial charge in [-0.05, 0) is 72.9 Å². The van der Waals surface area contributed by atoms with E-state index in [0.29, 0.717) is 34.2 Å². The number of nitrogens with zero attached hydrogens (tertiary/aromatic N) is 2. The van der Waals surface area contributed by atoms with Crippen LogP contribution in [0.15, 0.2) is 72.9 Å². The van der Waals surface area contributed by atoms with Crippen LogP contribution >= 0.6 is 12.2 Å². The predicted molar refractivity (Wildman–Crippen MR) is 127 cm³/mol. The van der Waals surface area contributed by atoms with Crippen LogP contribution in [0.3, 0.4) is 0 Å². The van der Waals surface area contributed by atoms with Crippen molar-refractivity contribution in [2.24, 2.45) is 5.73 Å². The van der Waals surface area contributed by atoms with Gasteiger partial charge < -0.3 is 19.9 Å². The number of halogens is 1. The Bertz CT molecular complexity index is 1260. The molecule has 0 amide bonds. The summed E-state index contributed by atoms with van der Waals surface area (Å²) in [7, 11) is 3.15. The summed E-state index contributed by atoms with van der Waals surface area (Å²) >= 11 is 5.20. The molecule has 0 saturated carbocycles. The summed E-state index contributed by atoms with van der Waals surface area (Å²) in [5.74, 6) is 2.07. The summed E-state index contributed by atoms with van der Waals surface area (Å²) in [4.78, 5) is 6.04. The summed E-state index contributed by atoms with van der Waals surface area (Å²) < 4.78 is 30.2. The second-order valence-electron chi connectivity index (χ2n) is 6.78. The Balaban J connectivity index is 1.64. The third kappa shape index (κ3) is 4.26. The molecule has 0 aliphatic carbocycles. The van der Waals surface area contributed by atoms with Gasteiger partial charge in [0.05, 0.1) is 19.7 Å². The number of pyridine rings is 1. The molecule has 32 heavy (non-hydrogen) atoms. The summed E-state index contributed by atoms with van der Waals surface area (Å²) in [6.45, 7) is 0. The Morgan fingerprint density at radius 2 is 1.47 bits per heavy atom. The van der Waals surface area contributed by atoms with Crippen LogP contribution in [0.1, 0.15) is 0 Å². The number of methoxy groups -OCH3 is 2. The standard InChI is InChI=1S/C24H20FN3O3S/c1-29-22-13-19-20(14-23(22)30-2)27-12-11-21(19)31-18-9-7-17(8-10-18)28(24(26)32)16-5-3-15(25)4-6-16/h3-14H,1-2H3,(H2,26,32). The van der Waals surface area contributed by atoms with E-state index in [1.165, 1.54) is 12.1 Å². The number of fused-ring (bicyclic) bond motifs is 1. The topological polar surface area (TPSA) is 69.8 Å². The molecule has 0 radical (unpaired) electrons. The van der Waals surface area contributed by atoms with Crippen LogP contribution in [0.5, 0.6) is 23.0 Å². The zero-order valence-electron chi connectivity index (χ0n) is 17.4. The zero-order valence-corrected chi connectivity index (χ0v) is 18.2. The molecule has 0 atom stereocenters. The maximum absolute atomic E-state index is 13.3. The van der Waals surface area contributed by atoms with Gasteiger partial charge in [-0.25, -0.2) is 4.39 Å². The number of aromatic nitrogens is 1. The fraction of sp³-hybridized carbons (Fsp3) is 0.0833. The van der Waals surface area contributed by atoms with E-state index in [9.17, 15) is 4.39 Å². The second-order valence-corrected chi connectivity index (χ2v) is 7.20. The van der Waals surface area contributed by atoms with E-state index in [4.69, 9.17) is 32.2 Å². The Morgan fingerprint density at radius 1 is 0.875 bits per heavy atom. The van der Waals surface area contributed by atoms with E-state index in [1.807, 2.05) is 18.2 Å². The van der Waals surface area contributed by atoms with Crippen LogP contribution in [-0.2, 0) is 0 Å². The Morgan fingerprint density at radius 3 is 2.06 bits per heavy atom. The van der Waals surface area contributed by atoms with Gasteiger partial charge in [0.2, 0.25) is 0 Å². The quantitative estimate of drug-likeness (QED) is 0.386. The first kappa shape index (κ1) is 21.3. The molecule has 6 nitrogen and oxygen atoms in total. The van der Waals surface area contributed by atoms with Gasteiger partial charge in [0, 0.05) is 29.0 Å². The lowest BCUT2D eigenvalue weighted by molar-refractivity contribution is 0.355. The number of ether oxygens (including phenoxy) is 3. The molecule has 3 aromatic carbocycles. The molecule has 0 spiro atoms. The highest BCUT2D eigenvalue weighted by atomic mass is 32.1. The van der Waals surface area contributed by atoms with Gasteiger partial charge in [0.25, 0.3) is 0 Å². The largest absolute Gasteiger partial charge is 0.493 e. The molecule has 0 aliphatic rings. The molecular formula is C24H20FN3O3S. The predicted octanol–water partition coefficient (Wildman–Crippen LogP) is 5.57. The fourth-order valence-corrected chi connectivity index (χ4v) is 3.53. The number of nitrogens with two attached hydrogens (primary N) is 1. The van der Waals surface area contributed by atoms with E-state index in [2.05, 4.69) is 4.98 Å². The number of hydrogen-bond donors (Lipinski definition) is 1. The molecule has 1 heterocycles. The van der Waals surface area contributed by atoms with E-state index < -0.39 is 0 Å². The van der Waals surface area contributed by atoms with E-state index in [-0.39, 0.29) is 10.9 Å². The minimum Gasteiger partial charge on any atom is -0.493 e. The molecule has 0 fully saturated rings. The van der Waals surface area contributed by atoms with Gasteiger partial charge in [-0.15, -0.1) is 0 Å². The molecule has 0 bridgehead atoms. The van der Waals surface area contributed by atoms with Crippen LogP contribution in [0.25, 0.3) is 10.9 Å². The number of rotatable bonds is 6. The van der Waals surface area contributed by atoms with Crippen molar-refractivity contribution in [1.82, 2.24) is 4.98 Å². The van der Waals surface area contributed by atoms with E-state index >= 15 is 0 Å². The minimum atomic E-state index is -0.334. The third-order valence-corrected chi connectivity index (χ3v) is 5.02. The summed E-state index contributed by atoms with van der Waals surface area (Å²) in [5, 5.41) is 0.928. The molecule has 8 heteroatoms. The summed E-state index contributed by atoms with van der Waals surface area (Å²) in [6, 6.07) is 18.6. The molecular weight excluding hydrogens is 429 g/mol. The van der Waals surface area contributed by atoms with Crippen molar-refractivity contribution in [2.45, 2.75) is 0 Å². The van der Waals surface area contributed by atoms with E-state index in [1.54, 1.807) is 61.7 Å². The van der Waals surface area contributed by atoms with Crippen molar-refractivity contribution < 1.29 is 18.6 Å². The molecule has 0 saturated heterocycles. The highest BCUT2D eigenvalue weighted by molar-refractivity contribution is 7.80. The molecule has 1 aromatic heterocycles. The first-order chi connectivity index (χ1) is 15.5. The van der Waals surface area contributed by atoms with Crippen molar-refractivity contribution in [2.75, 3.05) is 19.1 Å². The zero-order chi connectivity index (χ0) is 22.7. The number of anilines is 2.